The lowest BCUT2D eigenvalue weighted by Crippen LogP contribution is -2.25. The number of nitrogens with zero attached hydrogens (tertiary/aromatic N) is 1. The highest BCUT2D eigenvalue weighted by Crippen LogP contribution is 2.36. The monoisotopic (exact) mass is 313 g/mol. The van der Waals surface area contributed by atoms with E-state index >= 15 is 0 Å². The fourth-order valence-corrected chi connectivity index (χ4v) is 2.21. The van der Waals surface area contributed by atoms with Gasteiger partial charge in [-0.05, 0) is 43.7 Å². The van der Waals surface area contributed by atoms with E-state index in [0.717, 1.165) is 5.56 Å². The highest BCUT2D eigenvalue weighted by atomic mass is 35.5. The maximum absolute atomic E-state index is 12.3. The van der Waals surface area contributed by atoms with Gasteiger partial charge in [0.25, 0.3) is 0 Å². The topological polar surface area (TPSA) is 50.1 Å². The van der Waals surface area contributed by atoms with Crippen LogP contribution in [0, 0.1) is 16.7 Å². The molecule has 0 aliphatic rings. The molecule has 0 spiro atoms. The van der Waals surface area contributed by atoms with Crippen molar-refractivity contribution in [1.82, 2.24) is 0 Å². The molecule has 0 aliphatic carbocycles. The molecule has 3 nitrogen and oxygen atoms in total. The lowest BCUT2D eigenvalue weighted by atomic mass is 9.84. The Labute approximate surface area is 135 Å². The zero-order valence-corrected chi connectivity index (χ0v) is 13.2. The highest BCUT2D eigenvalue weighted by Gasteiger charge is 2.34. The van der Waals surface area contributed by atoms with E-state index in [1.54, 1.807) is 38.1 Å². The molecule has 112 valence electrons. The second-order valence-corrected chi connectivity index (χ2v) is 5.97. The smallest absolute Gasteiger partial charge is 0.338 e. The number of carbonyl (C=O) groups excluding carboxylic acids is 1. The predicted molar refractivity (Wildman–Crippen MR) is 85.4 cm³/mol. The third-order valence-electron chi connectivity index (χ3n) is 3.35. The summed E-state index contributed by atoms with van der Waals surface area (Å²) in [5.41, 5.74) is 0.346. The molecule has 1 atom stereocenters. The molecular formula is C18H16ClNO2. The van der Waals surface area contributed by atoms with E-state index in [1.807, 2.05) is 30.3 Å². The minimum absolute atomic E-state index is 0.402. The molecule has 0 unspecified atom stereocenters. The fourth-order valence-electron chi connectivity index (χ4n) is 2.08. The summed E-state index contributed by atoms with van der Waals surface area (Å²) in [7, 11) is 0. The Bertz CT molecular complexity index is 687. The van der Waals surface area contributed by atoms with Gasteiger partial charge in [-0.2, -0.15) is 5.26 Å². The van der Waals surface area contributed by atoms with Crippen molar-refractivity contribution in [2.24, 2.45) is 5.41 Å². The van der Waals surface area contributed by atoms with Crippen molar-refractivity contribution in [2.45, 2.75) is 20.0 Å². The van der Waals surface area contributed by atoms with Crippen LogP contribution in [0.3, 0.4) is 0 Å². The molecular weight excluding hydrogens is 298 g/mol. The molecule has 0 fully saturated rings. The number of ether oxygens (including phenoxy) is 1. The van der Waals surface area contributed by atoms with Gasteiger partial charge in [0.1, 0.15) is 6.10 Å². The summed E-state index contributed by atoms with van der Waals surface area (Å²) in [6, 6.07) is 17.9. The highest BCUT2D eigenvalue weighted by molar-refractivity contribution is 6.30. The minimum atomic E-state index is -0.844. The SMILES string of the molecule is CC(C)(C#N)[C@H](OC(=O)c1ccc(Cl)cc1)c1ccccc1. The number of rotatable bonds is 4. The largest absolute Gasteiger partial charge is 0.452 e. The molecule has 0 radical (unpaired) electrons. The molecule has 0 aromatic heterocycles. The third-order valence-corrected chi connectivity index (χ3v) is 3.60. The molecule has 0 aliphatic heterocycles. The number of nitriles is 1. The Kier molecular flexibility index (Phi) is 4.85. The van der Waals surface area contributed by atoms with Crippen LogP contribution in [0.2, 0.25) is 5.02 Å². The van der Waals surface area contributed by atoms with E-state index in [4.69, 9.17) is 16.3 Å². The van der Waals surface area contributed by atoms with Crippen molar-refractivity contribution < 1.29 is 9.53 Å². The first-order valence-electron chi connectivity index (χ1n) is 6.87. The third kappa shape index (κ3) is 3.66. The average molecular weight is 314 g/mol. The minimum Gasteiger partial charge on any atom is -0.452 e. The first-order valence-corrected chi connectivity index (χ1v) is 7.24. The standard InChI is InChI=1S/C18H16ClNO2/c1-18(2,12-20)16(13-6-4-3-5-7-13)22-17(21)14-8-10-15(19)11-9-14/h3-11,16H,1-2H3/t16-/m1/s1. The summed E-state index contributed by atoms with van der Waals surface area (Å²) >= 11 is 5.82. The van der Waals surface area contributed by atoms with Gasteiger partial charge >= 0.3 is 5.97 Å². The second-order valence-electron chi connectivity index (χ2n) is 5.54. The number of hydrogen-bond donors (Lipinski definition) is 0. The van der Waals surface area contributed by atoms with Crippen molar-refractivity contribution >= 4 is 17.6 Å². The summed E-state index contributed by atoms with van der Waals surface area (Å²) in [6.07, 6.45) is -0.651. The first kappa shape index (κ1) is 16.1. The van der Waals surface area contributed by atoms with Gasteiger partial charge in [-0.25, -0.2) is 4.79 Å². The number of benzene rings is 2. The molecule has 2 aromatic carbocycles. The number of carbonyl (C=O) groups is 1. The molecule has 2 rings (SSSR count). The predicted octanol–water partition coefficient (Wildman–Crippen LogP) is 4.79. The average Bonchev–Trinajstić information content (AvgIpc) is 2.53. The number of hydrogen-bond acceptors (Lipinski definition) is 3. The summed E-state index contributed by atoms with van der Waals surface area (Å²) < 4.78 is 5.61. The summed E-state index contributed by atoms with van der Waals surface area (Å²) in [6.45, 7) is 3.50. The van der Waals surface area contributed by atoms with Gasteiger partial charge < -0.3 is 4.74 Å². The van der Waals surface area contributed by atoms with Gasteiger partial charge in [-0.1, -0.05) is 41.9 Å². The van der Waals surface area contributed by atoms with Gasteiger partial charge in [0.05, 0.1) is 17.0 Å². The van der Waals surface area contributed by atoms with E-state index in [1.165, 1.54) is 0 Å². The van der Waals surface area contributed by atoms with Gasteiger partial charge in [-0.15, -0.1) is 0 Å². The first-order chi connectivity index (χ1) is 10.4. The second kappa shape index (κ2) is 6.64. The molecule has 0 N–H and O–H groups in total. The normalized spacial score (nSPS) is 12.3. The van der Waals surface area contributed by atoms with Gasteiger partial charge in [0.2, 0.25) is 0 Å². The molecule has 0 amide bonds. The zero-order chi connectivity index (χ0) is 16.2. The zero-order valence-electron chi connectivity index (χ0n) is 12.4. The van der Waals surface area contributed by atoms with Crippen LogP contribution in [0.4, 0.5) is 0 Å². The van der Waals surface area contributed by atoms with Gasteiger partial charge in [0, 0.05) is 5.02 Å². The van der Waals surface area contributed by atoms with Crippen molar-refractivity contribution in [3.05, 3.63) is 70.7 Å². The van der Waals surface area contributed by atoms with Crippen LogP contribution >= 0.6 is 11.6 Å². The molecule has 22 heavy (non-hydrogen) atoms. The van der Waals surface area contributed by atoms with E-state index < -0.39 is 17.5 Å². The molecule has 0 saturated carbocycles. The molecule has 0 heterocycles. The Morgan fingerprint density at radius 1 is 1.14 bits per heavy atom. The van der Waals surface area contributed by atoms with Crippen molar-refractivity contribution in [2.75, 3.05) is 0 Å². The summed E-state index contributed by atoms with van der Waals surface area (Å²) in [5, 5.41) is 9.94. The molecule has 2 aromatic rings. The van der Waals surface area contributed by atoms with E-state index in [-0.39, 0.29) is 0 Å². The summed E-state index contributed by atoms with van der Waals surface area (Å²) in [5.74, 6) is -0.478. The van der Waals surface area contributed by atoms with Crippen LogP contribution in [-0.4, -0.2) is 5.97 Å². The van der Waals surface area contributed by atoms with E-state index in [0.29, 0.717) is 10.6 Å². The number of halogens is 1. The van der Waals surface area contributed by atoms with Crippen LogP contribution in [0.5, 0.6) is 0 Å². The van der Waals surface area contributed by atoms with Crippen LogP contribution in [0.15, 0.2) is 54.6 Å². The number of esters is 1. The fraction of sp³-hybridized carbons (Fsp3) is 0.222. The molecule has 4 heteroatoms. The maximum Gasteiger partial charge on any atom is 0.338 e. The Morgan fingerprint density at radius 3 is 2.27 bits per heavy atom. The van der Waals surface area contributed by atoms with E-state index in [2.05, 4.69) is 6.07 Å². The van der Waals surface area contributed by atoms with Crippen molar-refractivity contribution in [3.8, 4) is 6.07 Å². The Balaban J connectivity index is 2.30. The molecule has 0 bridgehead atoms. The van der Waals surface area contributed by atoms with Crippen LogP contribution in [0.1, 0.15) is 35.9 Å². The van der Waals surface area contributed by atoms with Crippen molar-refractivity contribution in [1.29, 1.82) is 5.26 Å². The van der Waals surface area contributed by atoms with Crippen LogP contribution in [-0.2, 0) is 4.74 Å². The van der Waals surface area contributed by atoms with Gasteiger partial charge in [-0.3, -0.25) is 0 Å². The summed E-state index contributed by atoms with van der Waals surface area (Å²) in [4.78, 5) is 12.3. The van der Waals surface area contributed by atoms with E-state index in [9.17, 15) is 10.1 Å². The van der Waals surface area contributed by atoms with Crippen LogP contribution < -0.4 is 0 Å². The Morgan fingerprint density at radius 2 is 1.73 bits per heavy atom. The van der Waals surface area contributed by atoms with Crippen molar-refractivity contribution in [3.63, 3.8) is 0 Å². The Hall–Kier alpha value is -2.31. The quantitative estimate of drug-likeness (QED) is 0.763. The maximum atomic E-state index is 12.3. The lowest BCUT2D eigenvalue weighted by Gasteiger charge is -2.28. The van der Waals surface area contributed by atoms with Crippen LogP contribution in [0.25, 0.3) is 0 Å². The molecule has 0 saturated heterocycles. The lowest BCUT2D eigenvalue weighted by molar-refractivity contribution is 0.00518. The van der Waals surface area contributed by atoms with Gasteiger partial charge in [0.15, 0.2) is 0 Å².